The smallest absolute Gasteiger partial charge is 0.265 e. The summed E-state index contributed by atoms with van der Waals surface area (Å²) in [5.74, 6) is -0.304. The second-order valence-electron chi connectivity index (χ2n) is 6.87. The minimum Gasteiger partial charge on any atom is -0.321 e. The largest absolute Gasteiger partial charge is 0.321 e. The number of anilines is 2. The highest BCUT2D eigenvalue weighted by atomic mass is 79.9. The summed E-state index contributed by atoms with van der Waals surface area (Å²) in [6.07, 6.45) is 0. The zero-order valence-corrected chi connectivity index (χ0v) is 21.2. The van der Waals surface area contributed by atoms with Crippen LogP contribution < -0.4 is 9.62 Å². The quantitative estimate of drug-likeness (QED) is 0.280. The van der Waals surface area contributed by atoms with Gasteiger partial charge in [0.15, 0.2) is 0 Å². The van der Waals surface area contributed by atoms with E-state index in [9.17, 15) is 13.2 Å². The molecule has 0 fully saturated rings. The van der Waals surface area contributed by atoms with E-state index < -0.39 is 10.0 Å². The number of benzene rings is 3. The lowest BCUT2D eigenvalue weighted by Crippen LogP contribution is -2.26. The summed E-state index contributed by atoms with van der Waals surface area (Å²) in [5.41, 5.74) is 0.984. The van der Waals surface area contributed by atoms with Crippen LogP contribution in [0.5, 0.6) is 0 Å². The Kier molecular flexibility index (Phi) is 6.51. The fourth-order valence-corrected chi connectivity index (χ4v) is 5.98. The van der Waals surface area contributed by atoms with Gasteiger partial charge in [0.2, 0.25) is 0 Å². The van der Waals surface area contributed by atoms with Crippen molar-refractivity contribution in [3.8, 4) is 0 Å². The molecule has 0 spiro atoms. The van der Waals surface area contributed by atoms with Crippen LogP contribution in [0.15, 0.2) is 76.1 Å². The number of hydrogen-bond acceptors (Lipinski definition) is 4. The highest BCUT2D eigenvalue weighted by molar-refractivity contribution is 9.10. The van der Waals surface area contributed by atoms with E-state index in [0.717, 1.165) is 14.6 Å². The van der Waals surface area contributed by atoms with Crippen LogP contribution in [0.25, 0.3) is 10.1 Å². The number of nitrogens with zero attached hydrogens (tertiary/aromatic N) is 1. The molecule has 0 aliphatic carbocycles. The molecular formula is C22H15BrCl2N2O3S2. The third-order valence-corrected chi connectivity index (χ3v) is 8.56. The maximum atomic E-state index is 13.0. The lowest BCUT2D eigenvalue weighted by atomic mass is 10.2. The van der Waals surface area contributed by atoms with E-state index in [2.05, 4.69) is 21.2 Å². The molecule has 4 rings (SSSR count). The SMILES string of the molecule is CN(c1ccc2sc(C(=O)Nc3cc(Cl)cc(Cl)c3)cc2c1)S(=O)(=O)c1ccc(Br)cc1. The summed E-state index contributed by atoms with van der Waals surface area (Å²) in [6, 6.07) is 18.2. The number of amides is 1. The van der Waals surface area contributed by atoms with Gasteiger partial charge in [0.05, 0.1) is 15.5 Å². The third-order valence-electron chi connectivity index (χ3n) is 4.68. The summed E-state index contributed by atoms with van der Waals surface area (Å²) in [4.78, 5) is 13.4. The van der Waals surface area contributed by atoms with Crippen LogP contribution in [0.1, 0.15) is 9.67 Å². The van der Waals surface area contributed by atoms with Crippen LogP contribution in [0, 0.1) is 0 Å². The molecule has 10 heteroatoms. The molecule has 1 aromatic heterocycles. The van der Waals surface area contributed by atoms with Crippen LogP contribution in [-0.4, -0.2) is 21.4 Å². The Morgan fingerprint density at radius 3 is 2.28 bits per heavy atom. The van der Waals surface area contributed by atoms with Crippen molar-refractivity contribution in [3.05, 3.63) is 86.1 Å². The number of nitrogens with one attached hydrogen (secondary N) is 1. The second kappa shape index (κ2) is 9.03. The number of rotatable bonds is 5. The van der Waals surface area contributed by atoms with Gasteiger partial charge >= 0.3 is 0 Å². The van der Waals surface area contributed by atoms with Gasteiger partial charge in [-0.1, -0.05) is 39.1 Å². The van der Waals surface area contributed by atoms with Gasteiger partial charge in [-0.05, 0) is 72.1 Å². The van der Waals surface area contributed by atoms with Gasteiger partial charge in [-0.25, -0.2) is 8.42 Å². The van der Waals surface area contributed by atoms with Crippen molar-refractivity contribution >= 4 is 87.9 Å². The minimum atomic E-state index is -3.72. The highest BCUT2D eigenvalue weighted by Gasteiger charge is 2.22. The van der Waals surface area contributed by atoms with E-state index in [4.69, 9.17) is 23.2 Å². The first-order valence-corrected chi connectivity index (χ1v) is 13.0. The molecule has 1 amide bonds. The third kappa shape index (κ3) is 4.79. The molecular weight excluding hydrogens is 555 g/mol. The Labute approximate surface area is 207 Å². The maximum absolute atomic E-state index is 13.0. The van der Waals surface area contributed by atoms with E-state index >= 15 is 0 Å². The first-order chi connectivity index (χ1) is 15.1. The molecule has 4 aromatic rings. The highest BCUT2D eigenvalue weighted by Crippen LogP contribution is 2.32. The molecule has 0 atom stereocenters. The lowest BCUT2D eigenvalue weighted by molar-refractivity contribution is 0.103. The summed E-state index contributed by atoms with van der Waals surface area (Å²) < 4.78 is 28.8. The van der Waals surface area contributed by atoms with Gasteiger partial charge in [-0.2, -0.15) is 0 Å². The fraction of sp³-hybridized carbons (Fsp3) is 0.0455. The van der Waals surface area contributed by atoms with Crippen LogP contribution >= 0.6 is 50.5 Å². The van der Waals surface area contributed by atoms with Crippen molar-refractivity contribution in [1.82, 2.24) is 0 Å². The monoisotopic (exact) mass is 568 g/mol. The Morgan fingerprint density at radius 2 is 1.62 bits per heavy atom. The number of sulfonamides is 1. The zero-order valence-electron chi connectivity index (χ0n) is 16.5. The van der Waals surface area contributed by atoms with Crippen molar-refractivity contribution in [3.63, 3.8) is 0 Å². The van der Waals surface area contributed by atoms with Gasteiger partial charge in [-0.3, -0.25) is 9.10 Å². The van der Waals surface area contributed by atoms with Crippen LogP contribution in [-0.2, 0) is 10.0 Å². The molecule has 0 aliphatic rings. The van der Waals surface area contributed by atoms with E-state index in [1.807, 2.05) is 0 Å². The van der Waals surface area contributed by atoms with Gasteiger partial charge in [0.25, 0.3) is 15.9 Å². The normalized spacial score (nSPS) is 11.5. The average Bonchev–Trinajstić information content (AvgIpc) is 3.16. The Morgan fingerprint density at radius 1 is 0.969 bits per heavy atom. The molecule has 164 valence electrons. The van der Waals surface area contributed by atoms with Crippen molar-refractivity contribution in [2.45, 2.75) is 4.90 Å². The maximum Gasteiger partial charge on any atom is 0.265 e. The molecule has 0 radical (unpaired) electrons. The number of halogens is 3. The minimum absolute atomic E-state index is 0.189. The molecule has 0 saturated heterocycles. The average molecular weight is 570 g/mol. The first-order valence-electron chi connectivity index (χ1n) is 9.19. The number of hydrogen-bond donors (Lipinski definition) is 1. The predicted molar refractivity (Wildman–Crippen MR) is 136 cm³/mol. The number of thiophene rings is 1. The van der Waals surface area contributed by atoms with Crippen molar-refractivity contribution in [2.75, 3.05) is 16.7 Å². The van der Waals surface area contributed by atoms with Crippen LogP contribution in [0.4, 0.5) is 11.4 Å². The molecule has 0 saturated carbocycles. The number of carbonyl (C=O) groups excluding carboxylic acids is 1. The molecule has 32 heavy (non-hydrogen) atoms. The fourth-order valence-electron chi connectivity index (χ4n) is 3.06. The molecule has 1 N–H and O–H groups in total. The molecule has 5 nitrogen and oxygen atoms in total. The zero-order chi connectivity index (χ0) is 23.0. The number of carbonyl (C=O) groups is 1. The summed E-state index contributed by atoms with van der Waals surface area (Å²) in [7, 11) is -2.22. The topological polar surface area (TPSA) is 66.5 Å². The second-order valence-corrected chi connectivity index (χ2v) is 11.7. The van der Waals surface area contributed by atoms with Crippen molar-refractivity contribution < 1.29 is 13.2 Å². The van der Waals surface area contributed by atoms with E-state index in [-0.39, 0.29) is 10.8 Å². The van der Waals surface area contributed by atoms with Crippen LogP contribution in [0.3, 0.4) is 0 Å². The molecule has 1 heterocycles. The summed E-state index contributed by atoms with van der Waals surface area (Å²) in [6.45, 7) is 0. The predicted octanol–water partition coefficient (Wildman–Crippen LogP) is 7.05. The Hall–Kier alpha value is -2.10. The van der Waals surface area contributed by atoms with Gasteiger partial charge < -0.3 is 5.32 Å². The molecule has 0 aliphatic heterocycles. The Balaban J connectivity index is 1.61. The van der Waals surface area contributed by atoms with Gasteiger partial charge in [-0.15, -0.1) is 11.3 Å². The van der Waals surface area contributed by atoms with Crippen molar-refractivity contribution in [2.24, 2.45) is 0 Å². The van der Waals surface area contributed by atoms with E-state index in [1.165, 1.54) is 22.7 Å². The summed E-state index contributed by atoms with van der Waals surface area (Å²) in [5, 5.41) is 4.38. The summed E-state index contributed by atoms with van der Waals surface area (Å²) >= 11 is 16.6. The molecule has 0 unspecified atom stereocenters. The van der Waals surface area contributed by atoms with E-state index in [1.54, 1.807) is 66.7 Å². The Bertz CT molecular complexity index is 1420. The molecule has 3 aromatic carbocycles. The standard InChI is InChI=1S/C22H15BrCl2N2O3S2/c1-27(32(29,30)19-5-2-14(23)3-6-19)18-4-7-20-13(8-18)9-21(31-20)22(28)26-17-11-15(24)10-16(25)12-17/h2-12H,1H3,(H,26,28). The lowest BCUT2D eigenvalue weighted by Gasteiger charge is -2.19. The van der Waals surface area contributed by atoms with E-state index in [0.29, 0.717) is 26.3 Å². The van der Waals surface area contributed by atoms with Gasteiger partial charge in [0.1, 0.15) is 0 Å². The first kappa shape index (κ1) is 23.1. The van der Waals surface area contributed by atoms with Crippen molar-refractivity contribution in [1.29, 1.82) is 0 Å². The van der Waals surface area contributed by atoms with Crippen LogP contribution in [0.2, 0.25) is 10.0 Å². The van der Waals surface area contributed by atoms with Gasteiger partial charge in [0, 0.05) is 32.0 Å². The number of fused-ring (bicyclic) bond motifs is 1. The molecule has 0 bridgehead atoms.